The lowest BCUT2D eigenvalue weighted by atomic mass is 10.0. The first kappa shape index (κ1) is 14.5. The van der Waals surface area contributed by atoms with Crippen molar-refractivity contribution in [3.05, 3.63) is 48.2 Å². The fraction of sp³-hybridized carbons (Fsp3) is 0.333. The van der Waals surface area contributed by atoms with Gasteiger partial charge in [-0.05, 0) is 17.7 Å². The van der Waals surface area contributed by atoms with E-state index in [1.165, 1.54) is 4.90 Å². The zero-order valence-corrected chi connectivity index (χ0v) is 13.6. The lowest BCUT2D eigenvalue weighted by molar-refractivity contribution is -0.0560. The fourth-order valence-corrected chi connectivity index (χ4v) is 4.52. The molecule has 1 saturated carbocycles. The first-order valence-corrected chi connectivity index (χ1v) is 8.35. The van der Waals surface area contributed by atoms with E-state index in [2.05, 4.69) is 10.6 Å². The highest BCUT2D eigenvalue weighted by molar-refractivity contribution is 5.95. The third-order valence-electron chi connectivity index (χ3n) is 5.80. The molecule has 7 heteroatoms. The highest BCUT2D eigenvalue weighted by Crippen LogP contribution is 2.46. The van der Waals surface area contributed by atoms with E-state index in [9.17, 15) is 14.7 Å². The van der Waals surface area contributed by atoms with Crippen LogP contribution < -0.4 is 10.6 Å². The molecule has 2 fully saturated rings. The number of carbonyl (C=O) groups is 2. The minimum Gasteiger partial charge on any atom is -0.368 e. The zero-order valence-electron chi connectivity index (χ0n) is 13.6. The summed E-state index contributed by atoms with van der Waals surface area (Å²) in [4.78, 5) is 25.9. The number of amides is 3. The van der Waals surface area contributed by atoms with Crippen LogP contribution in [0.4, 0.5) is 4.79 Å². The van der Waals surface area contributed by atoms with Crippen molar-refractivity contribution < 1.29 is 14.7 Å². The summed E-state index contributed by atoms with van der Waals surface area (Å²) in [5.74, 6) is -0.184. The van der Waals surface area contributed by atoms with Crippen molar-refractivity contribution in [1.29, 1.82) is 0 Å². The van der Waals surface area contributed by atoms with Gasteiger partial charge in [-0.2, -0.15) is 0 Å². The maximum atomic E-state index is 12.6. The van der Waals surface area contributed by atoms with Crippen LogP contribution in [0.25, 0.3) is 11.3 Å². The second kappa shape index (κ2) is 4.64. The van der Waals surface area contributed by atoms with Gasteiger partial charge >= 0.3 is 6.03 Å². The zero-order chi connectivity index (χ0) is 17.3. The van der Waals surface area contributed by atoms with E-state index in [4.69, 9.17) is 0 Å². The Morgan fingerprint density at radius 2 is 1.80 bits per heavy atom. The Labute approximate surface area is 144 Å². The van der Waals surface area contributed by atoms with Crippen LogP contribution in [-0.4, -0.2) is 51.4 Å². The normalized spacial score (nSPS) is 32.7. The van der Waals surface area contributed by atoms with Gasteiger partial charge in [0, 0.05) is 19.2 Å². The Balaban J connectivity index is 1.65. The molecule has 3 heterocycles. The molecule has 0 spiro atoms. The number of aromatic nitrogens is 1. The lowest BCUT2D eigenvalue weighted by Crippen LogP contribution is -2.56. The number of nitrogens with zero attached hydrogens (tertiary/aromatic N) is 2. The average Bonchev–Trinajstić information content (AvgIpc) is 3.23. The van der Waals surface area contributed by atoms with Crippen LogP contribution in [0.3, 0.4) is 0 Å². The minimum atomic E-state index is -1.31. The summed E-state index contributed by atoms with van der Waals surface area (Å²) in [7, 11) is 1.59. The molecule has 0 radical (unpaired) electrons. The Kier molecular flexibility index (Phi) is 2.69. The summed E-state index contributed by atoms with van der Waals surface area (Å²) in [5.41, 5.74) is 1.23. The van der Waals surface area contributed by atoms with Crippen molar-refractivity contribution in [1.82, 2.24) is 20.1 Å². The number of benzene rings is 1. The molecule has 3 N–H and O–H groups in total. The van der Waals surface area contributed by atoms with Crippen LogP contribution in [0.5, 0.6) is 0 Å². The van der Waals surface area contributed by atoms with Gasteiger partial charge in [-0.25, -0.2) is 4.79 Å². The molecule has 25 heavy (non-hydrogen) atoms. The predicted octanol–water partition coefficient (Wildman–Crippen LogP) is 0.924. The number of urea groups is 1. The smallest absolute Gasteiger partial charge is 0.319 e. The maximum absolute atomic E-state index is 12.6. The summed E-state index contributed by atoms with van der Waals surface area (Å²) >= 11 is 0. The van der Waals surface area contributed by atoms with Crippen LogP contribution in [0.2, 0.25) is 0 Å². The van der Waals surface area contributed by atoms with E-state index >= 15 is 0 Å². The average molecular weight is 338 g/mol. The van der Waals surface area contributed by atoms with E-state index in [1.807, 2.05) is 47.0 Å². The molecule has 4 atom stereocenters. The molecule has 1 aromatic carbocycles. The van der Waals surface area contributed by atoms with Crippen LogP contribution >= 0.6 is 0 Å². The molecule has 3 amide bonds. The minimum absolute atomic E-state index is 0.129. The van der Waals surface area contributed by atoms with Crippen molar-refractivity contribution in [3.8, 4) is 11.3 Å². The summed E-state index contributed by atoms with van der Waals surface area (Å²) in [6.07, 6.45) is 0.360. The first-order chi connectivity index (χ1) is 12.0. The van der Waals surface area contributed by atoms with Gasteiger partial charge in [-0.3, -0.25) is 9.69 Å². The third-order valence-corrected chi connectivity index (χ3v) is 5.80. The first-order valence-electron chi connectivity index (χ1n) is 8.35. The Hall–Kier alpha value is -2.80. The van der Waals surface area contributed by atoms with E-state index in [1.54, 1.807) is 7.05 Å². The fourth-order valence-electron chi connectivity index (χ4n) is 4.52. The lowest BCUT2D eigenvalue weighted by Gasteiger charge is -2.33. The van der Waals surface area contributed by atoms with Gasteiger partial charge in [0.15, 0.2) is 5.72 Å². The predicted molar refractivity (Wildman–Crippen MR) is 89.8 cm³/mol. The van der Waals surface area contributed by atoms with E-state index in [0.29, 0.717) is 12.1 Å². The number of nitrogens with one attached hydrogen (secondary N) is 2. The molecule has 7 nitrogen and oxygen atoms in total. The van der Waals surface area contributed by atoms with Gasteiger partial charge in [-0.1, -0.05) is 30.3 Å². The number of carbonyl (C=O) groups excluding carboxylic acids is 2. The highest BCUT2D eigenvalue weighted by Gasteiger charge is 2.63. The number of aliphatic hydroxyl groups is 1. The quantitative estimate of drug-likeness (QED) is 0.723. The molecule has 1 aromatic heterocycles. The molecule has 0 bridgehead atoms. The Morgan fingerprint density at radius 3 is 2.56 bits per heavy atom. The van der Waals surface area contributed by atoms with Crippen LogP contribution in [0, 0.1) is 0 Å². The van der Waals surface area contributed by atoms with Gasteiger partial charge in [0.1, 0.15) is 11.7 Å². The van der Waals surface area contributed by atoms with Crippen molar-refractivity contribution in [2.24, 2.45) is 0 Å². The van der Waals surface area contributed by atoms with Crippen molar-refractivity contribution >= 4 is 11.9 Å². The number of rotatable bonds is 1. The van der Waals surface area contributed by atoms with Gasteiger partial charge in [0.2, 0.25) is 0 Å². The van der Waals surface area contributed by atoms with Gasteiger partial charge in [0.25, 0.3) is 5.91 Å². The van der Waals surface area contributed by atoms with Crippen molar-refractivity contribution in [2.75, 3.05) is 7.05 Å². The van der Waals surface area contributed by atoms with Gasteiger partial charge < -0.3 is 20.3 Å². The monoisotopic (exact) mass is 338 g/mol. The van der Waals surface area contributed by atoms with Crippen molar-refractivity contribution in [3.63, 3.8) is 0 Å². The maximum Gasteiger partial charge on any atom is 0.319 e. The highest BCUT2D eigenvalue weighted by atomic mass is 16.3. The number of fused-ring (bicyclic) bond motifs is 5. The van der Waals surface area contributed by atoms with E-state index < -0.39 is 11.8 Å². The topological polar surface area (TPSA) is 86.6 Å². The molecule has 2 aromatic rings. The second-order valence-corrected chi connectivity index (χ2v) is 6.98. The molecule has 1 aliphatic carbocycles. The Morgan fingerprint density at radius 1 is 1.08 bits per heavy atom. The standard InChI is InChI=1S/C18H18N4O3/c1-21-17(24)20-15-14-13(9-18(15,21)25)22-11(10-5-3-2-4-6-10)7-8-12(22)16(23)19-14/h2-8,13-15,25H,9H2,1H3,(H,19,23)(H,20,24)/t13-,14-,15+,18+/m1/s1. The molecule has 3 aliphatic rings. The number of hydrogen-bond acceptors (Lipinski definition) is 3. The van der Waals surface area contributed by atoms with E-state index in [0.717, 1.165) is 11.3 Å². The summed E-state index contributed by atoms with van der Waals surface area (Å²) < 4.78 is 2.01. The molecular weight excluding hydrogens is 320 g/mol. The SMILES string of the molecule is CN1C(=O)N[C@H]2[C@@H]3NC(=O)c4ccc(-c5ccccc5)n4[C@@H]3C[C@]21O. The summed E-state index contributed by atoms with van der Waals surface area (Å²) in [6.45, 7) is 0. The van der Waals surface area contributed by atoms with Gasteiger partial charge in [0.05, 0.1) is 12.1 Å². The molecule has 128 valence electrons. The molecule has 0 unspecified atom stereocenters. The van der Waals surface area contributed by atoms with E-state index in [-0.39, 0.29) is 24.0 Å². The molecule has 2 aliphatic heterocycles. The third kappa shape index (κ3) is 1.73. The largest absolute Gasteiger partial charge is 0.368 e. The van der Waals surface area contributed by atoms with Crippen molar-refractivity contribution in [2.45, 2.75) is 30.3 Å². The van der Waals surface area contributed by atoms with Crippen LogP contribution in [0.1, 0.15) is 23.0 Å². The number of hydrogen-bond donors (Lipinski definition) is 3. The summed E-state index contributed by atoms with van der Waals surface area (Å²) in [6, 6.07) is 12.3. The molecular formula is C18H18N4O3. The molecule has 1 saturated heterocycles. The van der Waals surface area contributed by atoms with Gasteiger partial charge in [-0.15, -0.1) is 0 Å². The Bertz CT molecular complexity index is 893. The van der Waals surface area contributed by atoms with Crippen LogP contribution in [0.15, 0.2) is 42.5 Å². The second-order valence-electron chi connectivity index (χ2n) is 6.98. The number of likely N-dealkylation sites (N-methyl/N-ethyl adjacent to an activating group) is 1. The van der Waals surface area contributed by atoms with Crippen LogP contribution in [-0.2, 0) is 0 Å². The molecule has 5 rings (SSSR count). The summed E-state index contributed by atoms with van der Waals surface area (Å²) in [5, 5.41) is 16.9.